The molecule has 0 saturated heterocycles. The van der Waals surface area contributed by atoms with Gasteiger partial charge in [-0.05, 0) is 44.9 Å². The minimum Gasteiger partial charge on any atom is -0.499 e. The van der Waals surface area contributed by atoms with E-state index in [0.29, 0.717) is 31.6 Å². The number of amides is 3. The van der Waals surface area contributed by atoms with E-state index in [2.05, 4.69) is 17.2 Å². The molecule has 6 heteroatoms. The first-order valence-electron chi connectivity index (χ1n) is 12.1. The van der Waals surface area contributed by atoms with E-state index in [1.165, 1.54) is 18.1 Å². The lowest BCUT2D eigenvalue weighted by molar-refractivity contribution is -0.146. The maximum absolute atomic E-state index is 13.0. The second-order valence-electron chi connectivity index (χ2n) is 8.80. The van der Waals surface area contributed by atoms with Crippen LogP contribution in [-0.4, -0.2) is 42.3 Å². The van der Waals surface area contributed by atoms with Gasteiger partial charge in [0.2, 0.25) is 11.8 Å². The van der Waals surface area contributed by atoms with E-state index < -0.39 is 0 Å². The molecule has 1 rings (SSSR count). The predicted molar refractivity (Wildman–Crippen MR) is 131 cm³/mol. The quantitative estimate of drug-likeness (QED) is 0.279. The van der Waals surface area contributed by atoms with Crippen molar-refractivity contribution in [1.82, 2.24) is 10.2 Å². The van der Waals surface area contributed by atoms with Crippen LogP contribution in [0.15, 0.2) is 11.8 Å². The molecule has 6 nitrogen and oxygen atoms in total. The molecule has 1 unspecified atom stereocenters. The number of carbonyl (C=O) groups is 3. The summed E-state index contributed by atoms with van der Waals surface area (Å²) >= 11 is 0. The topological polar surface area (TPSA) is 75.7 Å². The molecule has 33 heavy (non-hydrogen) atoms. The second-order valence-corrected chi connectivity index (χ2v) is 8.80. The summed E-state index contributed by atoms with van der Waals surface area (Å²) in [5.74, 6) is 5.04. The minimum absolute atomic E-state index is 0.0338. The third-order valence-electron chi connectivity index (χ3n) is 6.11. The molecule has 182 valence electrons. The summed E-state index contributed by atoms with van der Waals surface area (Å²) in [6.07, 6.45) is 20.7. The molecular formula is C27H40N2O4. The Labute approximate surface area is 199 Å². The van der Waals surface area contributed by atoms with Crippen molar-refractivity contribution in [3.05, 3.63) is 11.8 Å². The van der Waals surface area contributed by atoms with E-state index in [4.69, 9.17) is 17.6 Å². The third kappa shape index (κ3) is 9.74. The van der Waals surface area contributed by atoms with Crippen molar-refractivity contribution in [2.24, 2.45) is 11.8 Å². The number of unbranched alkanes of at least 4 members (excludes halogenated alkanes) is 5. The summed E-state index contributed by atoms with van der Waals surface area (Å²) in [5, 5.41) is 2.98. The van der Waals surface area contributed by atoms with Gasteiger partial charge in [-0.15, -0.1) is 24.7 Å². The zero-order valence-electron chi connectivity index (χ0n) is 20.5. The first kappa shape index (κ1) is 28.3. The van der Waals surface area contributed by atoms with Crippen molar-refractivity contribution in [1.29, 1.82) is 0 Å². The summed E-state index contributed by atoms with van der Waals surface area (Å²) < 4.78 is 5.39. The van der Waals surface area contributed by atoms with E-state index >= 15 is 0 Å². The third-order valence-corrected chi connectivity index (χ3v) is 6.11. The number of imide groups is 1. The van der Waals surface area contributed by atoms with Crippen LogP contribution < -0.4 is 5.32 Å². The van der Waals surface area contributed by atoms with Crippen LogP contribution in [0, 0.1) is 36.5 Å². The normalized spacial score (nSPS) is 17.0. The molecular weight excluding hydrogens is 416 g/mol. The monoisotopic (exact) mass is 456 g/mol. The van der Waals surface area contributed by atoms with Gasteiger partial charge in [0.25, 0.3) is 5.91 Å². The standard InChI is InChI=1S/C27H40N2O4/c1-6-8-10-12-16-21(3)26(31)28-19-15-14-18-23-24(33-5)20-25(30)29(23)27(32)22(4)17-13-11-9-7-2/h1-2,20-23H,8-19H2,3-5H3,(H,28,31)/t21?,22-,23+/m1/s1. The SMILES string of the molecule is C#CCCCCC(C)C(=O)NCCCC[C@H]1C(OC)=CC(=O)N1C(=O)[C@H](C)CCCCC#C. The Balaban J connectivity index is 2.47. The van der Waals surface area contributed by atoms with Crippen molar-refractivity contribution < 1.29 is 19.1 Å². The fraction of sp³-hybridized carbons (Fsp3) is 0.667. The summed E-state index contributed by atoms with van der Waals surface area (Å²) in [6.45, 7) is 4.36. The van der Waals surface area contributed by atoms with Crippen molar-refractivity contribution in [2.45, 2.75) is 90.5 Å². The molecule has 0 fully saturated rings. The Morgan fingerprint density at radius 3 is 2.21 bits per heavy atom. The van der Waals surface area contributed by atoms with Crippen LogP contribution in [0.5, 0.6) is 0 Å². The Hall–Kier alpha value is -2.73. The Bertz CT molecular complexity index is 759. The average molecular weight is 457 g/mol. The lowest BCUT2D eigenvalue weighted by Crippen LogP contribution is -2.43. The predicted octanol–water partition coefficient (Wildman–Crippen LogP) is 4.20. The highest BCUT2D eigenvalue weighted by atomic mass is 16.5. The summed E-state index contributed by atoms with van der Waals surface area (Å²) in [5.41, 5.74) is 0. The molecule has 3 atom stereocenters. The zero-order valence-corrected chi connectivity index (χ0v) is 20.5. The van der Waals surface area contributed by atoms with E-state index in [-0.39, 0.29) is 35.6 Å². The van der Waals surface area contributed by atoms with Crippen molar-refractivity contribution in [3.63, 3.8) is 0 Å². The van der Waals surface area contributed by atoms with E-state index in [9.17, 15) is 14.4 Å². The van der Waals surface area contributed by atoms with E-state index in [0.717, 1.165) is 51.4 Å². The molecule has 1 heterocycles. The number of hydrogen-bond acceptors (Lipinski definition) is 4. The smallest absolute Gasteiger partial charge is 0.257 e. The van der Waals surface area contributed by atoms with Crippen LogP contribution in [0.4, 0.5) is 0 Å². The average Bonchev–Trinajstić information content (AvgIpc) is 3.13. The van der Waals surface area contributed by atoms with Gasteiger partial charge in [0, 0.05) is 37.3 Å². The fourth-order valence-electron chi connectivity index (χ4n) is 3.99. The Morgan fingerprint density at radius 1 is 1.03 bits per heavy atom. The number of carbonyl (C=O) groups excluding carboxylic acids is 3. The van der Waals surface area contributed by atoms with Crippen molar-refractivity contribution in [3.8, 4) is 24.7 Å². The molecule has 0 bridgehead atoms. The fourth-order valence-corrected chi connectivity index (χ4v) is 3.99. The highest BCUT2D eigenvalue weighted by Crippen LogP contribution is 2.27. The molecule has 0 saturated carbocycles. The molecule has 0 radical (unpaired) electrons. The number of ether oxygens (including phenoxy) is 1. The van der Waals surface area contributed by atoms with Gasteiger partial charge in [-0.3, -0.25) is 19.3 Å². The largest absolute Gasteiger partial charge is 0.499 e. The second kappa shape index (κ2) is 16.0. The number of terminal acetylenes is 2. The van der Waals surface area contributed by atoms with Gasteiger partial charge in [0.1, 0.15) is 5.76 Å². The van der Waals surface area contributed by atoms with Crippen LogP contribution in [0.1, 0.15) is 84.5 Å². The van der Waals surface area contributed by atoms with Crippen LogP contribution in [-0.2, 0) is 19.1 Å². The lowest BCUT2D eigenvalue weighted by Gasteiger charge is -2.27. The highest BCUT2D eigenvalue weighted by Gasteiger charge is 2.39. The zero-order chi connectivity index (χ0) is 24.6. The van der Waals surface area contributed by atoms with Crippen LogP contribution >= 0.6 is 0 Å². The maximum Gasteiger partial charge on any atom is 0.257 e. The molecule has 0 aromatic carbocycles. The number of rotatable bonds is 16. The molecule has 1 N–H and O–H groups in total. The van der Waals surface area contributed by atoms with Crippen molar-refractivity contribution in [2.75, 3.05) is 13.7 Å². The van der Waals surface area contributed by atoms with Gasteiger partial charge in [-0.25, -0.2) is 0 Å². The van der Waals surface area contributed by atoms with E-state index in [1.807, 2.05) is 13.8 Å². The van der Waals surface area contributed by atoms with Gasteiger partial charge in [0.15, 0.2) is 0 Å². The molecule has 3 amide bonds. The van der Waals surface area contributed by atoms with Crippen LogP contribution in [0.25, 0.3) is 0 Å². The first-order chi connectivity index (χ1) is 15.9. The van der Waals surface area contributed by atoms with E-state index in [1.54, 1.807) is 0 Å². The van der Waals surface area contributed by atoms with Crippen LogP contribution in [0.2, 0.25) is 0 Å². The molecule has 1 aliphatic rings. The number of nitrogens with zero attached hydrogens (tertiary/aromatic N) is 1. The van der Waals surface area contributed by atoms with Crippen molar-refractivity contribution >= 4 is 17.7 Å². The van der Waals surface area contributed by atoms with Gasteiger partial charge >= 0.3 is 0 Å². The Morgan fingerprint density at radius 2 is 1.64 bits per heavy atom. The lowest BCUT2D eigenvalue weighted by atomic mass is 10.00. The van der Waals surface area contributed by atoms with Gasteiger partial charge in [-0.2, -0.15) is 0 Å². The summed E-state index contributed by atoms with van der Waals surface area (Å²) in [4.78, 5) is 39.1. The highest BCUT2D eigenvalue weighted by molar-refractivity contribution is 6.04. The minimum atomic E-state index is -0.381. The maximum atomic E-state index is 13.0. The van der Waals surface area contributed by atoms with Gasteiger partial charge in [0.05, 0.1) is 13.2 Å². The first-order valence-corrected chi connectivity index (χ1v) is 12.1. The van der Waals surface area contributed by atoms with Gasteiger partial charge in [-0.1, -0.05) is 26.7 Å². The molecule has 0 aromatic heterocycles. The number of nitrogens with one attached hydrogen (secondary N) is 1. The summed E-state index contributed by atoms with van der Waals surface area (Å²) in [7, 11) is 1.52. The molecule has 0 spiro atoms. The molecule has 0 aliphatic carbocycles. The summed E-state index contributed by atoms with van der Waals surface area (Å²) in [6, 6.07) is -0.381. The van der Waals surface area contributed by atoms with Crippen LogP contribution in [0.3, 0.4) is 0 Å². The number of hydrogen-bond donors (Lipinski definition) is 1. The number of methoxy groups -OCH3 is 1. The van der Waals surface area contributed by atoms with Gasteiger partial charge < -0.3 is 10.1 Å². The molecule has 0 aromatic rings. The molecule has 1 aliphatic heterocycles. The Kier molecular flexibility index (Phi) is 13.7.